The summed E-state index contributed by atoms with van der Waals surface area (Å²) in [6, 6.07) is 7.51. The lowest BCUT2D eigenvalue weighted by molar-refractivity contribution is -0.384. The SMILES string of the molecule is CCOC1=NC1(C#N)N=Nc1cccc([N+](=O)[O-])c1. The van der Waals surface area contributed by atoms with E-state index in [0.717, 1.165) is 0 Å². The molecular weight excluding hydrogens is 250 g/mol. The number of aliphatic imine (C=N–C) groups is 1. The highest BCUT2D eigenvalue weighted by Gasteiger charge is 2.52. The molecule has 1 aliphatic rings. The Morgan fingerprint density at radius 3 is 3.05 bits per heavy atom. The third-order valence-electron chi connectivity index (χ3n) is 2.30. The molecule has 2 rings (SSSR count). The lowest BCUT2D eigenvalue weighted by atomic mass is 10.3. The molecule has 0 amide bonds. The molecule has 1 aromatic carbocycles. The summed E-state index contributed by atoms with van der Waals surface area (Å²) >= 11 is 0. The molecular formula is C11H9N5O3. The van der Waals surface area contributed by atoms with Crippen molar-refractivity contribution in [1.82, 2.24) is 0 Å². The topological polar surface area (TPSA) is 113 Å². The molecule has 96 valence electrons. The Balaban J connectivity index is 2.14. The van der Waals surface area contributed by atoms with Crippen LogP contribution in [0, 0.1) is 21.4 Å². The van der Waals surface area contributed by atoms with Crippen LogP contribution in [0.1, 0.15) is 6.92 Å². The maximum Gasteiger partial charge on any atom is 0.334 e. The van der Waals surface area contributed by atoms with Crippen molar-refractivity contribution in [3.63, 3.8) is 0 Å². The Morgan fingerprint density at radius 2 is 2.42 bits per heavy atom. The van der Waals surface area contributed by atoms with Gasteiger partial charge in [0.15, 0.2) is 0 Å². The molecule has 1 aliphatic heterocycles. The highest BCUT2D eigenvalue weighted by molar-refractivity contribution is 6.01. The Kier molecular flexibility index (Phi) is 3.20. The molecule has 8 nitrogen and oxygen atoms in total. The maximum absolute atomic E-state index is 10.6. The van der Waals surface area contributed by atoms with E-state index in [-0.39, 0.29) is 17.3 Å². The highest BCUT2D eigenvalue weighted by atomic mass is 16.6. The third kappa shape index (κ3) is 2.55. The zero-order chi connectivity index (χ0) is 13.9. The van der Waals surface area contributed by atoms with Crippen LogP contribution in [-0.2, 0) is 4.74 Å². The summed E-state index contributed by atoms with van der Waals surface area (Å²) in [6.45, 7) is 2.15. The molecule has 0 bridgehead atoms. The number of azo groups is 1. The van der Waals surface area contributed by atoms with Crippen LogP contribution in [0.5, 0.6) is 0 Å². The summed E-state index contributed by atoms with van der Waals surface area (Å²) in [5, 5.41) is 27.1. The maximum atomic E-state index is 10.6. The third-order valence-corrected chi connectivity index (χ3v) is 2.30. The minimum Gasteiger partial charge on any atom is -0.477 e. The van der Waals surface area contributed by atoms with Crippen LogP contribution in [0.3, 0.4) is 0 Å². The molecule has 1 atom stereocenters. The van der Waals surface area contributed by atoms with E-state index in [1.165, 1.54) is 18.2 Å². The minimum atomic E-state index is -1.39. The molecule has 1 aromatic rings. The van der Waals surface area contributed by atoms with Crippen molar-refractivity contribution in [1.29, 1.82) is 5.26 Å². The van der Waals surface area contributed by atoms with Gasteiger partial charge in [-0.05, 0) is 13.0 Å². The first-order valence-electron chi connectivity index (χ1n) is 5.43. The molecule has 1 unspecified atom stereocenters. The fourth-order valence-corrected chi connectivity index (χ4v) is 1.35. The fourth-order valence-electron chi connectivity index (χ4n) is 1.35. The van der Waals surface area contributed by atoms with E-state index < -0.39 is 10.6 Å². The average Bonchev–Trinajstić information content (AvgIpc) is 3.11. The van der Waals surface area contributed by atoms with Gasteiger partial charge in [0.1, 0.15) is 6.07 Å². The van der Waals surface area contributed by atoms with Crippen LogP contribution in [-0.4, -0.2) is 23.1 Å². The number of non-ortho nitro benzene ring substituents is 1. The van der Waals surface area contributed by atoms with E-state index in [0.29, 0.717) is 6.61 Å². The summed E-state index contributed by atoms with van der Waals surface area (Å²) in [5.41, 5.74) is -1.20. The predicted octanol–water partition coefficient (Wildman–Crippen LogP) is 2.35. The molecule has 0 saturated carbocycles. The van der Waals surface area contributed by atoms with E-state index in [9.17, 15) is 10.1 Å². The molecule has 0 N–H and O–H groups in total. The van der Waals surface area contributed by atoms with Gasteiger partial charge in [-0.25, -0.2) is 0 Å². The van der Waals surface area contributed by atoms with Gasteiger partial charge in [0.25, 0.3) is 11.6 Å². The highest BCUT2D eigenvalue weighted by Crippen LogP contribution is 2.32. The number of nitriles is 1. The number of hydrogen-bond donors (Lipinski definition) is 0. The standard InChI is InChI=1S/C11H9N5O3/c1-2-19-10-11(7-12,13-10)15-14-8-4-3-5-9(6-8)16(17)18/h3-6H,2H2,1H3. The number of nitrogens with zero attached hydrogens (tertiary/aromatic N) is 5. The number of rotatable bonds is 4. The molecule has 8 heteroatoms. The first-order valence-corrected chi connectivity index (χ1v) is 5.43. The van der Waals surface area contributed by atoms with E-state index in [1.807, 2.05) is 6.07 Å². The second-order valence-corrected chi connectivity index (χ2v) is 3.61. The average molecular weight is 259 g/mol. The van der Waals surface area contributed by atoms with Crippen LogP contribution < -0.4 is 0 Å². The number of hydrogen-bond acceptors (Lipinski definition) is 7. The van der Waals surface area contributed by atoms with Gasteiger partial charge in [-0.2, -0.15) is 15.4 Å². The van der Waals surface area contributed by atoms with E-state index in [4.69, 9.17) is 10.00 Å². The smallest absolute Gasteiger partial charge is 0.334 e. The summed E-state index contributed by atoms with van der Waals surface area (Å²) in [5.74, 6) is 0.215. The number of nitro groups is 1. The molecule has 0 saturated heterocycles. The number of nitro benzene ring substituents is 1. The van der Waals surface area contributed by atoms with Crippen molar-refractivity contribution in [3.05, 3.63) is 34.4 Å². The molecule has 0 spiro atoms. The van der Waals surface area contributed by atoms with Gasteiger partial charge in [-0.1, -0.05) is 6.07 Å². The molecule has 0 fully saturated rings. The number of benzene rings is 1. The van der Waals surface area contributed by atoms with Gasteiger partial charge < -0.3 is 4.74 Å². The van der Waals surface area contributed by atoms with Crippen molar-refractivity contribution in [3.8, 4) is 6.07 Å². The zero-order valence-corrected chi connectivity index (χ0v) is 9.98. The largest absolute Gasteiger partial charge is 0.477 e. The Morgan fingerprint density at radius 1 is 1.63 bits per heavy atom. The Bertz CT molecular complexity index is 619. The van der Waals surface area contributed by atoms with Gasteiger partial charge >= 0.3 is 5.66 Å². The van der Waals surface area contributed by atoms with Crippen LogP contribution in [0.2, 0.25) is 0 Å². The van der Waals surface area contributed by atoms with E-state index in [2.05, 4.69) is 15.2 Å². The molecule has 0 aromatic heterocycles. The fraction of sp³-hybridized carbons (Fsp3) is 0.273. The molecule has 0 aliphatic carbocycles. The lowest BCUT2D eigenvalue weighted by Gasteiger charge is -1.98. The van der Waals surface area contributed by atoms with Crippen molar-refractivity contribution >= 4 is 17.3 Å². The Hall–Kier alpha value is -2.82. The van der Waals surface area contributed by atoms with Crippen LogP contribution >= 0.6 is 0 Å². The van der Waals surface area contributed by atoms with Crippen LogP contribution in [0.15, 0.2) is 39.5 Å². The van der Waals surface area contributed by atoms with E-state index in [1.54, 1.807) is 13.0 Å². The summed E-state index contributed by atoms with van der Waals surface area (Å²) < 4.78 is 5.08. The zero-order valence-electron chi connectivity index (χ0n) is 9.98. The summed E-state index contributed by atoms with van der Waals surface area (Å²) in [4.78, 5) is 13.9. The quantitative estimate of drug-likeness (QED) is 0.469. The molecule has 0 radical (unpaired) electrons. The monoisotopic (exact) mass is 259 g/mol. The molecule has 1 heterocycles. The first-order chi connectivity index (χ1) is 9.11. The summed E-state index contributed by atoms with van der Waals surface area (Å²) in [7, 11) is 0. The van der Waals surface area contributed by atoms with Crippen LogP contribution in [0.25, 0.3) is 0 Å². The second kappa shape index (κ2) is 4.81. The lowest BCUT2D eigenvalue weighted by Crippen LogP contribution is -2.14. The van der Waals surface area contributed by atoms with Gasteiger partial charge in [-0.3, -0.25) is 10.1 Å². The van der Waals surface area contributed by atoms with Gasteiger partial charge in [0.2, 0.25) is 0 Å². The second-order valence-electron chi connectivity index (χ2n) is 3.61. The minimum absolute atomic E-state index is 0.0933. The van der Waals surface area contributed by atoms with Gasteiger partial charge in [0.05, 0.1) is 17.2 Å². The first kappa shape index (κ1) is 12.6. The van der Waals surface area contributed by atoms with Crippen molar-refractivity contribution in [2.45, 2.75) is 12.6 Å². The van der Waals surface area contributed by atoms with Crippen molar-refractivity contribution < 1.29 is 9.66 Å². The van der Waals surface area contributed by atoms with Crippen LogP contribution in [0.4, 0.5) is 11.4 Å². The molecule has 19 heavy (non-hydrogen) atoms. The normalized spacial score (nSPS) is 20.7. The van der Waals surface area contributed by atoms with Crippen molar-refractivity contribution in [2.75, 3.05) is 6.61 Å². The Labute approximate surface area is 108 Å². The number of ether oxygens (including phenoxy) is 1. The predicted molar refractivity (Wildman–Crippen MR) is 65.0 cm³/mol. The summed E-state index contributed by atoms with van der Waals surface area (Å²) in [6.07, 6.45) is 0. The van der Waals surface area contributed by atoms with E-state index >= 15 is 0 Å². The van der Waals surface area contributed by atoms with Gasteiger partial charge in [0, 0.05) is 12.1 Å². The van der Waals surface area contributed by atoms with Crippen molar-refractivity contribution in [2.24, 2.45) is 15.2 Å². The van der Waals surface area contributed by atoms with Gasteiger partial charge in [-0.15, -0.1) is 5.11 Å².